The van der Waals surface area contributed by atoms with Gasteiger partial charge in [0.15, 0.2) is 0 Å². The smallest absolute Gasteiger partial charge is 0.0520 e. The van der Waals surface area contributed by atoms with Gasteiger partial charge in [0.25, 0.3) is 0 Å². The first-order valence-corrected chi connectivity index (χ1v) is 6.64. The lowest BCUT2D eigenvalue weighted by Gasteiger charge is -2.07. The number of para-hydroxylation sites is 1. The molecule has 2 heteroatoms. The van der Waals surface area contributed by atoms with Crippen LogP contribution in [0.25, 0.3) is 5.57 Å². The second kappa shape index (κ2) is 5.62. The molecule has 2 aromatic carbocycles. The number of nitrogen functional groups attached to an aromatic ring is 1. The summed E-state index contributed by atoms with van der Waals surface area (Å²) in [6.07, 6.45) is 5.06. The van der Waals surface area contributed by atoms with E-state index >= 15 is 0 Å². The van der Waals surface area contributed by atoms with Crippen molar-refractivity contribution < 1.29 is 0 Å². The summed E-state index contributed by atoms with van der Waals surface area (Å²) < 4.78 is 0. The summed E-state index contributed by atoms with van der Waals surface area (Å²) in [6.45, 7) is 0. The molecule has 0 aromatic heterocycles. The van der Waals surface area contributed by atoms with Crippen molar-refractivity contribution >= 4 is 11.3 Å². The quantitative estimate of drug-likeness (QED) is 0.500. The minimum Gasteiger partial charge on any atom is -0.324 e. The average molecular weight is 260 g/mol. The zero-order chi connectivity index (χ0) is 13.8. The predicted octanol–water partition coefficient (Wildman–Crippen LogP) is 3.69. The molecule has 0 atom stereocenters. The van der Waals surface area contributed by atoms with Gasteiger partial charge in [0.05, 0.1) is 5.69 Å². The molecule has 0 fully saturated rings. The fourth-order valence-corrected chi connectivity index (χ4v) is 2.35. The number of hydrazine groups is 1. The van der Waals surface area contributed by atoms with E-state index in [1.165, 1.54) is 16.7 Å². The minimum atomic E-state index is 0.827. The monoisotopic (exact) mass is 260 g/mol. The molecule has 98 valence electrons. The number of hydrogen-bond acceptors (Lipinski definition) is 2. The van der Waals surface area contributed by atoms with Crippen molar-refractivity contribution in [2.24, 2.45) is 5.84 Å². The van der Waals surface area contributed by atoms with Gasteiger partial charge in [-0.25, -0.2) is 0 Å². The molecule has 0 heterocycles. The van der Waals surface area contributed by atoms with Gasteiger partial charge in [0, 0.05) is 12.0 Å². The van der Waals surface area contributed by atoms with Crippen molar-refractivity contribution in [3.8, 4) is 0 Å². The summed E-state index contributed by atoms with van der Waals surface area (Å²) in [4.78, 5) is 0. The number of hydrogen-bond donors (Lipinski definition) is 2. The van der Waals surface area contributed by atoms with E-state index in [2.05, 4.69) is 41.5 Å². The molecular formula is C18H16N2. The minimum absolute atomic E-state index is 0.827. The Kier molecular flexibility index (Phi) is 3.51. The Labute approximate surface area is 118 Å². The Hall–Kier alpha value is -2.54. The van der Waals surface area contributed by atoms with Crippen molar-refractivity contribution in [2.75, 3.05) is 5.43 Å². The van der Waals surface area contributed by atoms with Crippen LogP contribution in [0.15, 0.2) is 78.1 Å². The predicted molar refractivity (Wildman–Crippen MR) is 84.0 cm³/mol. The number of allylic oxidation sites excluding steroid dienone is 3. The molecule has 0 saturated heterocycles. The van der Waals surface area contributed by atoms with Gasteiger partial charge < -0.3 is 5.43 Å². The third-order valence-corrected chi connectivity index (χ3v) is 3.38. The van der Waals surface area contributed by atoms with Crippen LogP contribution in [0.1, 0.15) is 11.1 Å². The molecule has 1 aliphatic rings. The molecular weight excluding hydrogens is 244 g/mol. The van der Waals surface area contributed by atoms with Gasteiger partial charge in [-0.1, -0.05) is 48.5 Å². The van der Waals surface area contributed by atoms with Gasteiger partial charge in [-0.3, -0.25) is 5.84 Å². The van der Waals surface area contributed by atoms with Crippen LogP contribution in [-0.2, 0) is 6.42 Å². The van der Waals surface area contributed by atoms with Crippen molar-refractivity contribution in [1.29, 1.82) is 0 Å². The van der Waals surface area contributed by atoms with Crippen LogP contribution < -0.4 is 11.3 Å². The molecule has 0 amide bonds. The van der Waals surface area contributed by atoms with E-state index in [1.54, 1.807) is 0 Å². The van der Waals surface area contributed by atoms with E-state index in [0.717, 1.165) is 17.7 Å². The molecule has 1 aliphatic carbocycles. The summed E-state index contributed by atoms with van der Waals surface area (Å²) in [5.41, 5.74) is 11.8. The molecule has 0 spiro atoms. The van der Waals surface area contributed by atoms with Crippen molar-refractivity contribution in [1.82, 2.24) is 0 Å². The van der Waals surface area contributed by atoms with Gasteiger partial charge in [-0.05, 0) is 34.9 Å². The van der Waals surface area contributed by atoms with Gasteiger partial charge in [-0.2, -0.15) is 0 Å². The summed E-state index contributed by atoms with van der Waals surface area (Å²) in [5, 5.41) is 0. The number of nitrogens with one attached hydrogen (secondary N) is 1. The number of nitrogens with two attached hydrogens (primary N) is 1. The standard InChI is InChI=1S/C18H16N2/c19-20-18-9-5-4-8-17(18)13-14-10-11-16(12-14)15-6-2-1-3-7-15/h1-11,20H,13,19H2. The highest BCUT2D eigenvalue weighted by atomic mass is 15.2. The highest BCUT2D eigenvalue weighted by Gasteiger charge is 2.07. The van der Waals surface area contributed by atoms with Crippen molar-refractivity contribution in [2.45, 2.75) is 6.42 Å². The molecule has 0 aliphatic heterocycles. The van der Waals surface area contributed by atoms with Crippen molar-refractivity contribution in [3.63, 3.8) is 0 Å². The largest absolute Gasteiger partial charge is 0.324 e. The zero-order valence-electron chi connectivity index (χ0n) is 11.1. The second-order valence-electron chi connectivity index (χ2n) is 4.74. The number of rotatable bonds is 4. The van der Waals surface area contributed by atoms with Crippen LogP contribution in [0.5, 0.6) is 0 Å². The van der Waals surface area contributed by atoms with E-state index in [9.17, 15) is 0 Å². The Morgan fingerprint density at radius 1 is 0.900 bits per heavy atom. The van der Waals surface area contributed by atoms with E-state index < -0.39 is 0 Å². The highest BCUT2D eigenvalue weighted by Crippen LogP contribution is 2.24. The van der Waals surface area contributed by atoms with Gasteiger partial charge in [0.1, 0.15) is 0 Å². The summed E-state index contributed by atoms with van der Waals surface area (Å²) in [7, 11) is 0. The topological polar surface area (TPSA) is 38.0 Å². The van der Waals surface area contributed by atoms with Gasteiger partial charge in [-0.15, -0.1) is 5.73 Å². The summed E-state index contributed by atoms with van der Waals surface area (Å²) in [5.74, 6) is 5.54. The van der Waals surface area contributed by atoms with Crippen LogP contribution in [0, 0.1) is 0 Å². The second-order valence-corrected chi connectivity index (χ2v) is 4.74. The average Bonchev–Trinajstić information content (AvgIpc) is 2.97. The Balaban J connectivity index is 1.89. The third-order valence-electron chi connectivity index (χ3n) is 3.38. The maximum absolute atomic E-state index is 5.54. The lowest BCUT2D eigenvalue weighted by molar-refractivity contribution is 1.18. The molecule has 2 nitrogen and oxygen atoms in total. The molecule has 0 saturated carbocycles. The summed E-state index contributed by atoms with van der Waals surface area (Å²) >= 11 is 0. The van der Waals surface area contributed by atoms with Crippen LogP contribution in [-0.4, -0.2) is 0 Å². The molecule has 3 rings (SSSR count). The number of anilines is 1. The first-order valence-electron chi connectivity index (χ1n) is 6.64. The maximum Gasteiger partial charge on any atom is 0.0520 e. The Morgan fingerprint density at radius 3 is 2.45 bits per heavy atom. The molecule has 2 aromatic rings. The van der Waals surface area contributed by atoms with E-state index in [4.69, 9.17) is 5.84 Å². The molecule has 0 bridgehead atoms. The van der Waals surface area contributed by atoms with Crippen molar-refractivity contribution in [3.05, 3.63) is 89.2 Å². The Morgan fingerprint density at radius 2 is 1.65 bits per heavy atom. The third kappa shape index (κ3) is 2.57. The first kappa shape index (κ1) is 12.5. The summed E-state index contributed by atoms with van der Waals surface area (Å²) in [6, 6.07) is 18.4. The van der Waals surface area contributed by atoms with E-state index in [1.807, 2.05) is 36.4 Å². The first-order chi connectivity index (χ1) is 9.86. The fourth-order valence-electron chi connectivity index (χ4n) is 2.35. The maximum atomic E-state index is 5.54. The molecule has 3 N–H and O–H groups in total. The lowest BCUT2D eigenvalue weighted by Crippen LogP contribution is -2.09. The SMILES string of the molecule is NNc1ccccc1CC1=C=C(c2ccccc2)C=C1. The van der Waals surface area contributed by atoms with Crippen LogP contribution in [0.2, 0.25) is 0 Å². The lowest BCUT2D eigenvalue weighted by atomic mass is 10.0. The van der Waals surface area contributed by atoms with Crippen LogP contribution >= 0.6 is 0 Å². The van der Waals surface area contributed by atoms with E-state index in [-0.39, 0.29) is 0 Å². The zero-order valence-corrected chi connectivity index (χ0v) is 11.1. The van der Waals surface area contributed by atoms with Crippen LogP contribution in [0.3, 0.4) is 0 Å². The highest BCUT2D eigenvalue weighted by molar-refractivity contribution is 5.77. The van der Waals surface area contributed by atoms with E-state index in [0.29, 0.717) is 0 Å². The molecule has 0 radical (unpaired) electrons. The Bertz CT molecular complexity index is 705. The van der Waals surface area contributed by atoms with Gasteiger partial charge >= 0.3 is 0 Å². The molecule has 0 unspecified atom stereocenters. The van der Waals surface area contributed by atoms with Crippen LogP contribution in [0.4, 0.5) is 5.69 Å². The molecule has 20 heavy (non-hydrogen) atoms. The fraction of sp³-hybridized carbons (Fsp3) is 0.0556. The van der Waals surface area contributed by atoms with Gasteiger partial charge in [0.2, 0.25) is 0 Å². The number of benzene rings is 2. The normalized spacial score (nSPS) is 13.1.